The maximum Gasteiger partial charge on any atom is 0.339 e. The van der Waals surface area contributed by atoms with Crippen LogP contribution in [0.2, 0.25) is 0 Å². The van der Waals surface area contributed by atoms with Gasteiger partial charge < -0.3 is 19.2 Å². The van der Waals surface area contributed by atoms with Crippen LogP contribution in [-0.4, -0.2) is 31.3 Å². The lowest BCUT2D eigenvalue weighted by Crippen LogP contribution is -2.44. The first-order valence-electron chi connectivity index (χ1n) is 8.54. The molecular formula is C19H23NO5. The number of rotatable bonds is 4. The highest BCUT2D eigenvalue weighted by atomic mass is 16.5. The van der Waals surface area contributed by atoms with Crippen LogP contribution < -0.4 is 15.7 Å². The summed E-state index contributed by atoms with van der Waals surface area (Å²) in [5, 5.41) is 3.85. The average molecular weight is 345 g/mol. The van der Waals surface area contributed by atoms with Crippen molar-refractivity contribution in [2.75, 3.05) is 13.2 Å². The Labute approximate surface area is 146 Å². The van der Waals surface area contributed by atoms with Crippen LogP contribution in [0.15, 0.2) is 27.4 Å². The number of amides is 1. The molecule has 0 bridgehead atoms. The molecule has 2 heterocycles. The van der Waals surface area contributed by atoms with Crippen LogP contribution in [0.3, 0.4) is 0 Å². The maximum atomic E-state index is 12.3. The molecule has 134 valence electrons. The second-order valence-corrected chi connectivity index (χ2v) is 6.45. The molecule has 1 aromatic carbocycles. The van der Waals surface area contributed by atoms with E-state index < -0.39 is 6.10 Å². The fourth-order valence-corrected chi connectivity index (χ4v) is 2.92. The molecule has 25 heavy (non-hydrogen) atoms. The molecule has 0 spiro atoms. The number of benzene rings is 1. The van der Waals surface area contributed by atoms with Gasteiger partial charge in [0.2, 0.25) is 0 Å². The van der Waals surface area contributed by atoms with E-state index >= 15 is 0 Å². The summed E-state index contributed by atoms with van der Waals surface area (Å²) >= 11 is 0. The molecule has 1 amide bonds. The van der Waals surface area contributed by atoms with Crippen molar-refractivity contribution >= 4 is 16.9 Å². The summed E-state index contributed by atoms with van der Waals surface area (Å²) in [6, 6.07) is 5.42. The number of nitrogens with one attached hydrogen (secondary N) is 1. The molecule has 2 aromatic rings. The third-order valence-corrected chi connectivity index (χ3v) is 4.68. The highest BCUT2D eigenvalue weighted by Gasteiger charge is 2.21. The molecule has 0 saturated carbocycles. The Kier molecular flexibility index (Phi) is 5.08. The zero-order valence-corrected chi connectivity index (χ0v) is 14.8. The SMILES string of the molecule is Cc1c(C)c2ccc(OC(C)C(=O)NC3CCOCC3)cc2oc1=O. The minimum atomic E-state index is -0.640. The van der Waals surface area contributed by atoms with Crippen LogP contribution in [0.4, 0.5) is 0 Å². The van der Waals surface area contributed by atoms with Crippen molar-refractivity contribution in [1.82, 2.24) is 5.32 Å². The minimum absolute atomic E-state index is 0.132. The smallest absolute Gasteiger partial charge is 0.339 e. The van der Waals surface area contributed by atoms with Gasteiger partial charge in [0.05, 0.1) is 0 Å². The third-order valence-electron chi connectivity index (χ3n) is 4.68. The summed E-state index contributed by atoms with van der Waals surface area (Å²) in [4.78, 5) is 24.1. The summed E-state index contributed by atoms with van der Waals surface area (Å²) < 4.78 is 16.3. The van der Waals surface area contributed by atoms with E-state index in [1.807, 2.05) is 13.0 Å². The molecule has 1 N–H and O–H groups in total. The van der Waals surface area contributed by atoms with Crippen molar-refractivity contribution < 1.29 is 18.7 Å². The topological polar surface area (TPSA) is 77.8 Å². The van der Waals surface area contributed by atoms with Crippen LogP contribution in [0.5, 0.6) is 5.75 Å². The average Bonchev–Trinajstić information content (AvgIpc) is 2.60. The van der Waals surface area contributed by atoms with E-state index in [-0.39, 0.29) is 17.6 Å². The summed E-state index contributed by atoms with van der Waals surface area (Å²) in [6.07, 6.45) is 0.995. The highest BCUT2D eigenvalue weighted by molar-refractivity contribution is 5.83. The number of carbonyl (C=O) groups excluding carboxylic acids is 1. The second-order valence-electron chi connectivity index (χ2n) is 6.45. The Balaban J connectivity index is 1.72. The normalized spacial score (nSPS) is 16.6. The highest BCUT2D eigenvalue weighted by Crippen LogP contribution is 2.24. The molecule has 1 aliphatic rings. The van der Waals surface area contributed by atoms with Crippen molar-refractivity contribution in [2.24, 2.45) is 0 Å². The van der Waals surface area contributed by atoms with E-state index in [0.29, 0.717) is 30.1 Å². The fourth-order valence-electron chi connectivity index (χ4n) is 2.92. The lowest BCUT2D eigenvalue weighted by atomic mass is 10.1. The van der Waals surface area contributed by atoms with Crippen molar-refractivity contribution in [1.29, 1.82) is 0 Å². The largest absolute Gasteiger partial charge is 0.481 e. The standard InChI is InChI=1S/C19H23NO5/c1-11-12(2)19(22)25-17-10-15(4-5-16(11)17)24-13(3)18(21)20-14-6-8-23-9-7-14/h4-5,10,13-14H,6-9H2,1-3H3,(H,20,21). The van der Waals surface area contributed by atoms with Gasteiger partial charge in [-0.3, -0.25) is 4.79 Å². The van der Waals surface area contributed by atoms with Crippen molar-refractivity contribution in [2.45, 2.75) is 45.8 Å². The zero-order chi connectivity index (χ0) is 18.0. The molecule has 1 aliphatic heterocycles. The first-order chi connectivity index (χ1) is 12.0. The van der Waals surface area contributed by atoms with Gasteiger partial charge in [-0.2, -0.15) is 0 Å². The predicted octanol–water partition coefficient (Wildman–Crippen LogP) is 2.47. The van der Waals surface area contributed by atoms with Crippen LogP contribution in [0.1, 0.15) is 30.9 Å². The van der Waals surface area contributed by atoms with E-state index in [1.54, 1.807) is 26.0 Å². The van der Waals surface area contributed by atoms with Crippen LogP contribution in [-0.2, 0) is 9.53 Å². The van der Waals surface area contributed by atoms with Gasteiger partial charge in [-0.1, -0.05) is 0 Å². The molecule has 1 saturated heterocycles. The van der Waals surface area contributed by atoms with Gasteiger partial charge in [0.25, 0.3) is 5.91 Å². The molecular weight excluding hydrogens is 322 g/mol. The molecule has 1 unspecified atom stereocenters. The number of ether oxygens (including phenoxy) is 2. The lowest BCUT2D eigenvalue weighted by molar-refractivity contribution is -0.128. The van der Waals surface area contributed by atoms with Gasteiger partial charge in [0, 0.05) is 36.3 Å². The van der Waals surface area contributed by atoms with Crippen LogP contribution in [0.25, 0.3) is 11.0 Å². The van der Waals surface area contributed by atoms with Crippen LogP contribution in [0, 0.1) is 13.8 Å². The minimum Gasteiger partial charge on any atom is -0.481 e. The number of carbonyl (C=O) groups is 1. The van der Waals surface area contributed by atoms with Crippen LogP contribution >= 0.6 is 0 Å². The van der Waals surface area contributed by atoms with Gasteiger partial charge in [0.15, 0.2) is 6.10 Å². The summed E-state index contributed by atoms with van der Waals surface area (Å²) in [5.74, 6) is 0.335. The van der Waals surface area contributed by atoms with E-state index in [2.05, 4.69) is 5.32 Å². The van der Waals surface area contributed by atoms with E-state index in [4.69, 9.17) is 13.9 Å². The van der Waals surface area contributed by atoms with E-state index in [0.717, 1.165) is 23.8 Å². The van der Waals surface area contributed by atoms with E-state index in [1.165, 1.54) is 0 Å². The molecule has 6 heteroatoms. The Morgan fingerprint density at radius 1 is 1.24 bits per heavy atom. The van der Waals surface area contributed by atoms with Gasteiger partial charge >= 0.3 is 5.63 Å². The van der Waals surface area contributed by atoms with E-state index in [9.17, 15) is 9.59 Å². The van der Waals surface area contributed by atoms with Crippen molar-refractivity contribution in [3.63, 3.8) is 0 Å². The molecule has 0 aliphatic carbocycles. The Morgan fingerprint density at radius 2 is 1.96 bits per heavy atom. The maximum absolute atomic E-state index is 12.3. The number of aryl methyl sites for hydroxylation is 1. The quantitative estimate of drug-likeness (QED) is 0.862. The van der Waals surface area contributed by atoms with Gasteiger partial charge in [-0.25, -0.2) is 4.79 Å². The summed E-state index contributed by atoms with van der Waals surface area (Å²) in [6.45, 7) is 6.67. The Morgan fingerprint density at radius 3 is 2.68 bits per heavy atom. The monoisotopic (exact) mass is 345 g/mol. The fraction of sp³-hybridized carbons (Fsp3) is 0.474. The number of hydrogen-bond donors (Lipinski definition) is 1. The zero-order valence-electron chi connectivity index (χ0n) is 14.8. The Hall–Kier alpha value is -2.34. The molecule has 0 radical (unpaired) electrons. The molecule has 3 rings (SSSR count). The lowest BCUT2D eigenvalue weighted by Gasteiger charge is -2.25. The molecule has 1 aromatic heterocycles. The van der Waals surface area contributed by atoms with Gasteiger partial charge in [-0.05, 0) is 51.3 Å². The second kappa shape index (κ2) is 7.27. The number of fused-ring (bicyclic) bond motifs is 1. The molecule has 6 nitrogen and oxygen atoms in total. The van der Waals surface area contributed by atoms with Gasteiger partial charge in [-0.15, -0.1) is 0 Å². The molecule has 1 atom stereocenters. The third kappa shape index (κ3) is 3.85. The predicted molar refractivity (Wildman–Crippen MR) is 94.0 cm³/mol. The summed E-state index contributed by atoms with van der Waals surface area (Å²) in [5.41, 5.74) is 1.60. The summed E-state index contributed by atoms with van der Waals surface area (Å²) in [7, 11) is 0. The first-order valence-corrected chi connectivity index (χ1v) is 8.54. The molecule has 1 fully saturated rings. The number of hydrogen-bond acceptors (Lipinski definition) is 5. The van der Waals surface area contributed by atoms with Crippen molar-refractivity contribution in [3.05, 3.63) is 39.7 Å². The Bertz CT molecular complexity index is 836. The first kappa shape index (κ1) is 17.5. The van der Waals surface area contributed by atoms with Crippen molar-refractivity contribution in [3.8, 4) is 5.75 Å². The van der Waals surface area contributed by atoms with Gasteiger partial charge in [0.1, 0.15) is 11.3 Å².